The molecule has 1 aromatic rings. The third-order valence-corrected chi connectivity index (χ3v) is 2.06. The lowest BCUT2D eigenvalue weighted by atomic mass is 10.2. The molecule has 0 saturated heterocycles. The van der Waals surface area contributed by atoms with Crippen molar-refractivity contribution in [2.45, 2.75) is 25.7 Å². The summed E-state index contributed by atoms with van der Waals surface area (Å²) < 4.78 is 0. The number of nitrogens with one attached hydrogen (secondary N) is 1. The molecular formula is C8H10N2O. The second-order valence-electron chi connectivity index (χ2n) is 2.86. The molecule has 0 atom stereocenters. The lowest BCUT2D eigenvalue weighted by molar-refractivity contribution is 0.0978. The molecule has 0 amide bonds. The predicted octanol–water partition coefficient (Wildman–Crippen LogP) is 1.32. The third-order valence-electron chi connectivity index (χ3n) is 2.06. The third kappa shape index (κ3) is 1.06. The van der Waals surface area contributed by atoms with Gasteiger partial charge < -0.3 is 4.98 Å². The fourth-order valence-electron chi connectivity index (χ4n) is 1.46. The molecule has 1 aliphatic rings. The maximum atomic E-state index is 11.3. The second-order valence-corrected chi connectivity index (χ2v) is 2.86. The zero-order chi connectivity index (χ0) is 7.68. The van der Waals surface area contributed by atoms with Crippen molar-refractivity contribution in [2.24, 2.45) is 0 Å². The van der Waals surface area contributed by atoms with Gasteiger partial charge in [0.1, 0.15) is 5.69 Å². The number of carbonyl (C=O) groups is 1. The minimum atomic E-state index is 0.193. The van der Waals surface area contributed by atoms with Gasteiger partial charge in [0.25, 0.3) is 0 Å². The summed E-state index contributed by atoms with van der Waals surface area (Å²) >= 11 is 0. The molecule has 0 fully saturated rings. The van der Waals surface area contributed by atoms with Crippen molar-refractivity contribution in [3.63, 3.8) is 0 Å². The average molecular weight is 150 g/mol. The molecule has 0 bridgehead atoms. The van der Waals surface area contributed by atoms with E-state index < -0.39 is 0 Å². The van der Waals surface area contributed by atoms with Gasteiger partial charge in [-0.3, -0.25) is 4.79 Å². The van der Waals surface area contributed by atoms with E-state index in [-0.39, 0.29) is 5.78 Å². The lowest BCUT2D eigenvalue weighted by Crippen LogP contribution is -1.98. The Labute approximate surface area is 64.8 Å². The maximum Gasteiger partial charge on any atom is 0.183 e. The summed E-state index contributed by atoms with van der Waals surface area (Å²) in [5.41, 5.74) is 1.69. The molecule has 3 heteroatoms. The smallest absolute Gasteiger partial charge is 0.183 e. The molecule has 0 spiro atoms. The molecule has 1 heterocycles. The first-order valence-corrected chi connectivity index (χ1v) is 3.93. The van der Waals surface area contributed by atoms with Crippen molar-refractivity contribution in [1.82, 2.24) is 9.97 Å². The lowest BCUT2D eigenvalue weighted by Gasteiger charge is -1.91. The Balaban J connectivity index is 2.41. The van der Waals surface area contributed by atoms with E-state index >= 15 is 0 Å². The van der Waals surface area contributed by atoms with E-state index in [1.165, 1.54) is 0 Å². The quantitative estimate of drug-likeness (QED) is 0.567. The van der Waals surface area contributed by atoms with Crippen LogP contribution in [0, 0.1) is 0 Å². The van der Waals surface area contributed by atoms with E-state index in [9.17, 15) is 4.79 Å². The normalized spacial score (nSPS) is 17.6. The number of aromatic amines is 1. The average Bonchev–Trinajstić information content (AvgIpc) is 2.40. The van der Waals surface area contributed by atoms with Crippen LogP contribution in [0.4, 0.5) is 0 Å². The highest BCUT2D eigenvalue weighted by Gasteiger charge is 2.16. The summed E-state index contributed by atoms with van der Waals surface area (Å²) in [7, 11) is 0. The molecule has 11 heavy (non-hydrogen) atoms. The molecule has 2 rings (SSSR count). The van der Waals surface area contributed by atoms with Crippen LogP contribution >= 0.6 is 0 Å². The van der Waals surface area contributed by atoms with Crippen molar-refractivity contribution in [3.8, 4) is 0 Å². The molecular weight excluding hydrogens is 140 g/mol. The van der Waals surface area contributed by atoms with Gasteiger partial charge in [-0.1, -0.05) is 0 Å². The zero-order valence-electron chi connectivity index (χ0n) is 6.26. The molecule has 1 aliphatic carbocycles. The second kappa shape index (κ2) is 2.49. The van der Waals surface area contributed by atoms with Gasteiger partial charge in [-0.05, 0) is 19.3 Å². The molecule has 0 radical (unpaired) electrons. The van der Waals surface area contributed by atoms with Gasteiger partial charge in [0.2, 0.25) is 0 Å². The Bertz CT molecular complexity index is 277. The fraction of sp³-hybridized carbons (Fsp3) is 0.500. The Morgan fingerprint density at radius 3 is 3.09 bits per heavy atom. The first-order chi connectivity index (χ1) is 5.38. The molecule has 0 unspecified atom stereocenters. The Morgan fingerprint density at radius 1 is 1.36 bits per heavy atom. The number of fused-ring (bicyclic) bond motifs is 1. The highest BCUT2D eigenvalue weighted by atomic mass is 16.1. The van der Waals surface area contributed by atoms with Gasteiger partial charge in [-0.25, -0.2) is 4.98 Å². The number of Topliss-reactive ketones (excluding diaryl/α,β-unsaturated/α-hetero) is 1. The van der Waals surface area contributed by atoms with Crippen LogP contribution in [-0.2, 0) is 6.42 Å². The minimum absolute atomic E-state index is 0.193. The number of ketones is 1. The van der Waals surface area contributed by atoms with E-state index in [1.54, 1.807) is 6.33 Å². The Morgan fingerprint density at radius 2 is 2.18 bits per heavy atom. The van der Waals surface area contributed by atoms with Gasteiger partial charge >= 0.3 is 0 Å². The van der Waals surface area contributed by atoms with Crippen molar-refractivity contribution in [1.29, 1.82) is 0 Å². The molecule has 1 aromatic heterocycles. The summed E-state index contributed by atoms with van der Waals surface area (Å²) in [6.07, 6.45) is 5.34. The number of rotatable bonds is 0. The van der Waals surface area contributed by atoms with Gasteiger partial charge in [0.05, 0.1) is 6.33 Å². The van der Waals surface area contributed by atoms with Crippen LogP contribution in [0.25, 0.3) is 0 Å². The monoisotopic (exact) mass is 150 g/mol. The molecule has 0 saturated carbocycles. The maximum absolute atomic E-state index is 11.3. The summed E-state index contributed by atoms with van der Waals surface area (Å²) in [5, 5.41) is 0. The number of nitrogens with zero attached hydrogens (tertiary/aromatic N) is 1. The highest BCUT2D eigenvalue weighted by molar-refractivity contribution is 5.95. The SMILES string of the molecule is O=C1CCCCc2[nH]cnc21. The summed E-state index contributed by atoms with van der Waals surface area (Å²) in [6, 6.07) is 0. The van der Waals surface area contributed by atoms with Crippen LogP contribution in [0.1, 0.15) is 35.4 Å². The summed E-state index contributed by atoms with van der Waals surface area (Å²) in [5.74, 6) is 0.193. The Hall–Kier alpha value is -1.12. The first kappa shape index (κ1) is 6.58. The summed E-state index contributed by atoms with van der Waals surface area (Å²) in [6.45, 7) is 0. The van der Waals surface area contributed by atoms with Crippen molar-refractivity contribution in [3.05, 3.63) is 17.7 Å². The molecule has 0 aliphatic heterocycles. The molecule has 1 N–H and O–H groups in total. The number of aromatic nitrogens is 2. The van der Waals surface area contributed by atoms with Gasteiger partial charge in [0.15, 0.2) is 5.78 Å². The van der Waals surface area contributed by atoms with Crippen LogP contribution in [0.15, 0.2) is 6.33 Å². The van der Waals surface area contributed by atoms with E-state index in [0.717, 1.165) is 25.0 Å². The number of hydrogen-bond donors (Lipinski definition) is 1. The van der Waals surface area contributed by atoms with E-state index in [4.69, 9.17) is 0 Å². The molecule has 3 nitrogen and oxygen atoms in total. The van der Waals surface area contributed by atoms with Crippen LogP contribution in [0.5, 0.6) is 0 Å². The summed E-state index contributed by atoms with van der Waals surface area (Å²) in [4.78, 5) is 18.3. The molecule has 0 aromatic carbocycles. The van der Waals surface area contributed by atoms with Gasteiger partial charge in [-0.2, -0.15) is 0 Å². The van der Waals surface area contributed by atoms with Crippen molar-refractivity contribution < 1.29 is 4.79 Å². The van der Waals surface area contributed by atoms with E-state index in [2.05, 4.69) is 9.97 Å². The number of hydrogen-bond acceptors (Lipinski definition) is 2. The van der Waals surface area contributed by atoms with Crippen LogP contribution in [0.3, 0.4) is 0 Å². The van der Waals surface area contributed by atoms with Crippen LogP contribution < -0.4 is 0 Å². The van der Waals surface area contributed by atoms with Crippen LogP contribution in [0.2, 0.25) is 0 Å². The fourth-order valence-corrected chi connectivity index (χ4v) is 1.46. The number of aryl methyl sites for hydroxylation is 1. The number of H-pyrrole nitrogens is 1. The first-order valence-electron chi connectivity index (χ1n) is 3.93. The predicted molar refractivity (Wildman–Crippen MR) is 40.5 cm³/mol. The zero-order valence-corrected chi connectivity index (χ0v) is 6.26. The van der Waals surface area contributed by atoms with Gasteiger partial charge in [0, 0.05) is 12.1 Å². The number of imidazole rings is 1. The van der Waals surface area contributed by atoms with E-state index in [0.29, 0.717) is 12.1 Å². The largest absolute Gasteiger partial charge is 0.348 e. The number of carbonyl (C=O) groups excluding carboxylic acids is 1. The highest BCUT2D eigenvalue weighted by Crippen LogP contribution is 2.16. The topological polar surface area (TPSA) is 45.8 Å². The molecule has 58 valence electrons. The Kier molecular flexibility index (Phi) is 1.49. The van der Waals surface area contributed by atoms with Gasteiger partial charge in [-0.15, -0.1) is 0 Å². The minimum Gasteiger partial charge on any atom is -0.348 e. The van der Waals surface area contributed by atoms with Crippen molar-refractivity contribution >= 4 is 5.78 Å². The van der Waals surface area contributed by atoms with Crippen LogP contribution in [-0.4, -0.2) is 15.8 Å². The van der Waals surface area contributed by atoms with Crippen molar-refractivity contribution in [2.75, 3.05) is 0 Å². The standard InChI is InChI=1S/C8H10N2O/c11-7-4-2-1-3-6-8(7)10-5-9-6/h5H,1-4H2,(H,9,10). The van der Waals surface area contributed by atoms with E-state index in [1.807, 2.05) is 0 Å².